The summed E-state index contributed by atoms with van der Waals surface area (Å²) in [5, 5.41) is 11.4. The van der Waals surface area contributed by atoms with E-state index in [2.05, 4.69) is 41.2 Å². The maximum absolute atomic E-state index is 5.71. The van der Waals surface area contributed by atoms with Crippen molar-refractivity contribution in [2.24, 2.45) is 5.92 Å². The summed E-state index contributed by atoms with van der Waals surface area (Å²) in [6, 6.07) is 0.628. The van der Waals surface area contributed by atoms with E-state index in [1.807, 2.05) is 0 Å². The van der Waals surface area contributed by atoms with E-state index in [0.717, 1.165) is 19.6 Å². The number of anilines is 1. The topological polar surface area (TPSA) is 63.4 Å². The van der Waals surface area contributed by atoms with Crippen molar-refractivity contribution >= 4 is 6.01 Å². The number of aromatic nitrogens is 2. The van der Waals surface area contributed by atoms with Crippen LogP contribution in [0.2, 0.25) is 0 Å². The minimum atomic E-state index is 0.582. The van der Waals surface area contributed by atoms with Gasteiger partial charge in [-0.2, -0.15) is 0 Å². The van der Waals surface area contributed by atoms with E-state index in [9.17, 15) is 0 Å². The lowest BCUT2D eigenvalue weighted by Gasteiger charge is -2.23. The third-order valence-electron chi connectivity index (χ3n) is 3.50. The normalized spacial score (nSPS) is 11.2. The van der Waals surface area contributed by atoms with Crippen LogP contribution in [-0.2, 0) is 11.3 Å². The van der Waals surface area contributed by atoms with Gasteiger partial charge in [0.05, 0.1) is 13.2 Å². The van der Waals surface area contributed by atoms with Gasteiger partial charge < -0.3 is 19.4 Å². The molecule has 116 valence electrons. The highest BCUT2D eigenvalue weighted by atomic mass is 16.5. The fourth-order valence-corrected chi connectivity index (χ4v) is 2.01. The third-order valence-corrected chi connectivity index (χ3v) is 3.50. The first-order chi connectivity index (χ1) is 9.74. The van der Waals surface area contributed by atoms with Gasteiger partial charge in [0.2, 0.25) is 5.89 Å². The van der Waals surface area contributed by atoms with Gasteiger partial charge in [0.25, 0.3) is 0 Å². The molecule has 1 rings (SSSR count). The van der Waals surface area contributed by atoms with Crippen molar-refractivity contribution in [3.8, 4) is 0 Å². The first kappa shape index (κ1) is 16.9. The molecule has 0 aliphatic carbocycles. The van der Waals surface area contributed by atoms with Crippen molar-refractivity contribution in [1.29, 1.82) is 0 Å². The van der Waals surface area contributed by atoms with Crippen LogP contribution in [0.25, 0.3) is 0 Å². The summed E-state index contributed by atoms with van der Waals surface area (Å²) in [5.74, 6) is 1.30. The zero-order chi connectivity index (χ0) is 14.8. The van der Waals surface area contributed by atoms with Gasteiger partial charge in [0.15, 0.2) is 0 Å². The minimum Gasteiger partial charge on any atom is -0.407 e. The SMILES string of the molecule is CCC(CC)CN(CC)c1nnc(CNCCOC)o1. The molecule has 0 aliphatic heterocycles. The fourth-order valence-electron chi connectivity index (χ4n) is 2.01. The highest BCUT2D eigenvalue weighted by Crippen LogP contribution is 2.17. The number of rotatable bonds is 11. The zero-order valence-electron chi connectivity index (χ0n) is 13.2. The van der Waals surface area contributed by atoms with Crippen molar-refractivity contribution in [3.05, 3.63) is 5.89 Å². The number of hydrogen-bond acceptors (Lipinski definition) is 6. The molecule has 0 spiro atoms. The Morgan fingerprint density at radius 3 is 2.60 bits per heavy atom. The van der Waals surface area contributed by atoms with Crippen molar-refractivity contribution in [2.45, 2.75) is 40.2 Å². The molecule has 6 nitrogen and oxygen atoms in total. The second-order valence-corrected chi connectivity index (χ2v) is 4.87. The summed E-state index contributed by atoms with van der Waals surface area (Å²) in [6.45, 7) is 10.5. The zero-order valence-corrected chi connectivity index (χ0v) is 13.2. The second kappa shape index (κ2) is 9.72. The average Bonchev–Trinajstić information content (AvgIpc) is 2.94. The number of methoxy groups -OCH3 is 1. The van der Waals surface area contributed by atoms with Gasteiger partial charge in [0, 0.05) is 26.7 Å². The molecule has 1 aromatic heterocycles. The summed E-state index contributed by atoms with van der Waals surface area (Å²) in [7, 11) is 1.68. The molecule has 0 radical (unpaired) electrons. The Morgan fingerprint density at radius 1 is 1.25 bits per heavy atom. The second-order valence-electron chi connectivity index (χ2n) is 4.87. The molecule has 0 amide bonds. The van der Waals surface area contributed by atoms with Gasteiger partial charge in [-0.15, -0.1) is 5.10 Å². The highest BCUT2D eigenvalue weighted by molar-refractivity contribution is 5.23. The summed E-state index contributed by atoms with van der Waals surface area (Å²) in [6.07, 6.45) is 2.35. The molecule has 1 heterocycles. The molecule has 20 heavy (non-hydrogen) atoms. The lowest BCUT2D eigenvalue weighted by Crippen LogP contribution is -2.29. The summed E-state index contributed by atoms with van der Waals surface area (Å²) >= 11 is 0. The van der Waals surface area contributed by atoms with Crippen molar-refractivity contribution in [1.82, 2.24) is 15.5 Å². The smallest absolute Gasteiger partial charge is 0.318 e. The van der Waals surface area contributed by atoms with Crippen LogP contribution >= 0.6 is 0 Å². The van der Waals surface area contributed by atoms with E-state index in [0.29, 0.717) is 31.0 Å². The molecule has 0 saturated carbocycles. The van der Waals surface area contributed by atoms with Gasteiger partial charge in [-0.25, -0.2) is 0 Å². The van der Waals surface area contributed by atoms with Gasteiger partial charge in [-0.1, -0.05) is 31.8 Å². The number of hydrogen-bond donors (Lipinski definition) is 1. The standard InChI is InChI=1S/C14H28N4O2/c1-5-12(6-2)11-18(7-3)14-17-16-13(20-14)10-15-8-9-19-4/h12,15H,5-11H2,1-4H3. The van der Waals surface area contributed by atoms with Gasteiger partial charge in [0.1, 0.15) is 0 Å². The first-order valence-electron chi connectivity index (χ1n) is 7.52. The molecule has 1 aromatic rings. The maximum atomic E-state index is 5.71. The molecule has 0 saturated heterocycles. The Labute approximate surface area is 121 Å². The number of ether oxygens (including phenoxy) is 1. The Hall–Kier alpha value is -1.14. The summed E-state index contributed by atoms with van der Waals surface area (Å²) in [4.78, 5) is 2.16. The van der Waals surface area contributed by atoms with Crippen LogP contribution in [0, 0.1) is 5.92 Å². The Kier molecular flexibility index (Phi) is 8.22. The van der Waals surface area contributed by atoms with Crippen molar-refractivity contribution in [2.75, 3.05) is 38.3 Å². The third kappa shape index (κ3) is 5.46. The van der Waals surface area contributed by atoms with E-state index < -0.39 is 0 Å². The van der Waals surface area contributed by atoms with Gasteiger partial charge in [-0.05, 0) is 12.8 Å². The summed E-state index contributed by atoms with van der Waals surface area (Å²) in [5.41, 5.74) is 0. The van der Waals surface area contributed by atoms with E-state index >= 15 is 0 Å². The van der Waals surface area contributed by atoms with Crippen LogP contribution in [-0.4, -0.2) is 43.5 Å². The summed E-state index contributed by atoms with van der Waals surface area (Å²) < 4.78 is 10.7. The molecule has 1 N–H and O–H groups in total. The molecule has 0 atom stereocenters. The van der Waals surface area contributed by atoms with E-state index in [1.54, 1.807) is 7.11 Å². The minimum absolute atomic E-state index is 0.582. The van der Waals surface area contributed by atoms with E-state index in [-0.39, 0.29) is 0 Å². The monoisotopic (exact) mass is 284 g/mol. The van der Waals surface area contributed by atoms with Crippen LogP contribution in [0.15, 0.2) is 4.42 Å². The maximum Gasteiger partial charge on any atom is 0.318 e. The quantitative estimate of drug-likeness (QED) is 0.628. The van der Waals surface area contributed by atoms with Gasteiger partial charge >= 0.3 is 6.01 Å². The van der Waals surface area contributed by atoms with Gasteiger partial charge in [-0.3, -0.25) is 0 Å². The fraction of sp³-hybridized carbons (Fsp3) is 0.857. The Balaban J connectivity index is 2.50. The van der Waals surface area contributed by atoms with E-state index in [1.165, 1.54) is 12.8 Å². The lowest BCUT2D eigenvalue weighted by atomic mass is 10.0. The predicted octanol–water partition coefficient (Wildman–Crippen LogP) is 2.07. The molecule has 0 bridgehead atoms. The molecule has 0 unspecified atom stereocenters. The molecule has 6 heteroatoms. The van der Waals surface area contributed by atoms with Crippen molar-refractivity contribution < 1.29 is 9.15 Å². The Morgan fingerprint density at radius 2 is 2.00 bits per heavy atom. The highest BCUT2D eigenvalue weighted by Gasteiger charge is 2.16. The molecule has 0 aliphatic rings. The average molecular weight is 284 g/mol. The van der Waals surface area contributed by atoms with Crippen LogP contribution in [0.1, 0.15) is 39.5 Å². The first-order valence-corrected chi connectivity index (χ1v) is 7.52. The van der Waals surface area contributed by atoms with Crippen LogP contribution in [0.3, 0.4) is 0 Å². The molecular formula is C14H28N4O2. The van der Waals surface area contributed by atoms with Crippen LogP contribution in [0.5, 0.6) is 0 Å². The van der Waals surface area contributed by atoms with E-state index in [4.69, 9.17) is 9.15 Å². The van der Waals surface area contributed by atoms with Crippen molar-refractivity contribution in [3.63, 3.8) is 0 Å². The molecule has 0 aromatic carbocycles. The number of nitrogens with one attached hydrogen (secondary N) is 1. The molecule has 0 fully saturated rings. The Bertz CT molecular complexity index is 353. The molecular weight excluding hydrogens is 256 g/mol. The predicted molar refractivity (Wildman–Crippen MR) is 79.8 cm³/mol. The number of nitrogens with zero attached hydrogens (tertiary/aromatic N) is 3. The lowest BCUT2D eigenvalue weighted by molar-refractivity contribution is 0.198. The largest absolute Gasteiger partial charge is 0.407 e. The van der Waals surface area contributed by atoms with Crippen LogP contribution < -0.4 is 10.2 Å². The van der Waals surface area contributed by atoms with Crippen LogP contribution in [0.4, 0.5) is 6.01 Å².